The summed E-state index contributed by atoms with van der Waals surface area (Å²) in [5.41, 5.74) is 2.49. The SMILES string of the molecule is CCCN(Cc1cc(C)nn1CC)C1CCCNC1. The molecule has 0 radical (unpaired) electrons. The van der Waals surface area contributed by atoms with Crippen molar-refractivity contribution in [2.45, 2.75) is 59.2 Å². The molecule has 1 aromatic rings. The molecule has 1 aromatic heterocycles. The van der Waals surface area contributed by atoms with Crippen molar-refractivity contribution in [3.63, 3.8) is 0 Å². The van der Waals surface area contributed by atoms with Crippen molar-refractivity contribution < 1.29 is 0 Å². The second kappa shape index (κ2) is 7.06. The van der Waals surface area contributed by atoms with Gasteiger partial charge in [-0.2, -0.15) is 5.10 Å². The van der Waals surface area contributed by atoms with E-state index < -0.39 is 0 Å². The van der Waals surface area contributed by atoms with E-state index in [1.807, 2.05) is 0 Å². The first-order chi connectivity index (χ1) is 9.24. The van der Waals surface area contributed by atoms with Crippen molar-refractivity contribution in [2.75, 3.05) is 19.6 Å². The van der Waals surface area contributed by atoms with Gasteiger partial charge in [0, 0.05) is 25.7 Å². The lowest BCUT2D eigenvalue weighted by atomic mass is 10.1. The maximum atomic E-state index is 4.56. The molecule has 0 spiro atoms. The van der Waals surface area contributed by atoms with Crippen LogP contribution in [-0.2, 0) is 13.1 Å². The van der Waals surface area contributed by atoms with E-state index in [0.717, 1.165) is 25.3 Å². The van der Waals surface area contributed by atoms with E-state index in [-0.39, 0.29) is 0 Å². The van der Waals surface area contributed by atoms with Gasteiger partial charge in [-0.1, -0.05) is 6.92 Å². The second-order valence-electron chi connectivity index (χ2n) is 5.56. The summed E-state index contributed by atoms with van der Waals surface area (Å²) in [5, 5.41) is 8.09. The lowest BCUT2D eigenvalue weighted by Gasteiger charge is -2.34. The van der Waals surface area contributed by atoms with E-state index in [1.165, 1.54) is 38.0 Å². The van der Waals surface area contributed by atoms with Crippen LogP contribution in [0.3, 0.4) is 0 Å². The van der Waals surface area contributed by atoms with Crippen LogP contribution in [0.4, 0.5) is 0 Å². The molecule has 1 aliphatic heterocycles. The molecule has 1 N–H and O–H groups in total. The summed E-state index contributed by atoms with van der Waals surface area (Å²) in [6.07, 6.45) is 3.85. The Morgan fingerprint density at radius 2 is 2.32 bits per heavy atom. The van der Waals surface area contributed by atoms with E-state index in [1.54, 1.807) is 0 Å². The minimum Gasteiger partial charge on any atom is -0.315 e. The average molecular weight is 264 g/mol. The molecule has 0 bridgehead atoms. The predicted octanol–water partition coefficient (Wildman–Crippen LogP) is 2.18. The monoisotopic (exact) mass is 264 g/mol. The number of nitrogens with one attached hydrogen (secondary N) is 1. The molecule has 1 aliphatic rings. The fraction of sp³-hybridized carbons (Fsp3) is 0.800. The van der Waals surface area contributed by atoms with Crippen LogP contribution in [-0.4, -0.2) is 40.4 Å². The summed E-state index contributed by atoms with van der Waals surface area (Å²) in [5.74, 6) is 0. The summed E-state index contributed by atoms with van der Waals surface area (Å²) >= 11 is 0. The van der Waals surface area contributed by atoms with Crippen molar-refractivity contribution >= 4 is 0 Å². The topological polar surface area (TPSA) is 33.1 Å². The average Bonchev–Trinajstić information content (AvgIpc) is 2.79. The van der Waals surface area contributed by atoms with Gasteiger partial charge in [-0.3, -0.25) is 9.58 Å². The molecule has 0 amide bonds. The molecular weight excluding hydrogens is 236 g/mol. The molecule has 0 saturated carbocycles. The molecule has 2 rings (SSSR count). The van der Waals surface area contributed by atoms with Crippen LogP contribution in [0.5, 0.6) is 0 Å². The van der Waals surface area contributed by atoms with Gasteiger partial charge < -0.3 is 5.32 Å². The van der Waals surface area contributed by atoms with Crippen molar-refractivity contribution in [3.8, 4) is 0 Å². The minimum atomic E-state index is 0.689. The maximum absolute atomic E-state index is 4.56. The standard InChI is InChI=1S/C15H28N4/c1-4-9-18(14-7-6-8-16-11-14)12-15-10-13(3)17-19(15)5-2/h10,14,16H,4-9,11-12H2,1-3H3. The molecule has 1 saturated heterocycles. The number of hydrogen-bond donors (Lipinski definition) is 1. The summed E-state index contributed by atoms with van der Waals surface area (Å²) in [4.78, 5) is 2.63. The highest BCUT2D eigenvalue weighted by Crippen LogP contribution is 2.15. The first kappa shape index (κ1) is 14.5. The third-order valence-corrected chi connectivity index (χ3v) is 3.95. The Morgan fingerprint density at radius 1 is 1.47 bits per heavy atom. The highest BCUT2D eigenvalue weighted by Gasteiger charge is 2.21. The largest absolute Gasteiger partial charge is 0.315 e. The number of piperidine rings is 1. The Hall–Kier alpha value is -0.870. The quantitative estimate of drug-likeness (QED) is 0.855. The van der Waals surface area contributed by atoms with E-state index in [0.29, 0.717) is 6.04 Å². The number of rotatable bonds is 6. The number of aryl methyl sites for hydroxylation is 2. The normalized spacial score (nSPS) is 20.1. The molecule has 2 heterocycles. The van der Waals surface area contributed by atoms with Crippen LogP contribution in [0, 0.1) is 6.92 Å². The first-order valence-electron chi connectivity index (χ1n) is 7.72. The van der Waals surface area contributed by atoms with Crippen LogP contribution in [0.15, 0.2) is 6.07 Å². The van der Waals surface area contributed by atoms with Gasteiger partial charge in [0.1, 0.15) is 0 Å². The number of hydrogen-bond acceptors (Lipinski definition) is 3. The third kappa shape index (κ3) is 3.80. The van der Waals surface area contributed by atoms with E-state index in [2.05, 4.69) is 46.8 Å². The smallest absolute Gasteiger partial charge is 0.0597 e. The van der Waals surface area contributed by atoms with Gasteiger partial charge >= 0.3 is 0 Å². The summed E-state index contributed by atoms with van der Waals surface area (Å²) < 4.78 is 2.15. The van der Waals surface area contributed by atoms with E-state index in [4.69, 9.17) is 0 Å². The van der Waals surface area contributed by atoms with Gasteiger partial charge in [0.25, 0.3) is 0 Å². The summed E-state index contributed by atoms with van der Waals surface area (Å²) in [7, 11) is 0. The van der Waals surface area contributed by atoms with Gasteiger partial charge in [-0.05, 0) is 52.3 Å². The van der Waals surface area contributed by atoms with E-state index in [9.17, 15) is 0 Å². The Kier molecular flexibility index (Phi) is 5.40. The number of aromatic nitrogens is 2. The molecular formula is C15H28N4. The second-order valence-corrected chi connectivity index (χ2v) is 5.56. The molecule has 108 valence electrons. The molecule has 1 fully saturated rings. The molecule has 4 nitrogen and oxygen atoms in total. The summed E-state index contributed by atoms with van der Waals surface area (Å²) in [6, 6.07) is 2.93. The van der Waals surface area contributed by atoms with Crippen molar-refractivity contribution in [3.05, 3.63) is 17.5 Å². The lowest BCUT2D eigenvalue weighted by molar-refractivity contribution is 0.154. The third-order valence-electron chi connectivity index (χ3n) is 3.95. The van der Waals surface area contributed by atoms with E-state index >= 15 is 0 Å². The molecule has 0 aliphatic carbocycles. The van der Waals surface area contributed by atoms with Crippen molar-refractivity contribution in [1.82, 2.24) is 20.0 Å². The van der Waals surface area contributed by atoms with Gasteiger partial charge in [-0.25, -0.2) is 0 Å². The van der Waals surface area contributed by atoms with Crippen LogP contribution in [0.2, 0.25) is 0 Å². The predicted molar refractivity (Wildman–Crippen MR) is 79.2 cm³/mol. The summed E-state index contributed by atoms with van der Waals surface area (Å²) in [6.45, 7) is 12.0. The Labute approximate surface area is 117 Å². The number of nitrogens with zero attached hydrogens (tertiary/aromatic N) is 3. The molecule has 0 aromatic carbocycles. The van der Waals surface area contributed by atoms with Crippen LogP contribution in [0.1, 0.15) is 44.5 Å². The maximum Gasteiger partial charge on any atom is 0.0597 e. The van der Waals surface area contributed by atoms with Crippen LogP contribution in [0.25, 0.3) is 0 Å². The van der Waals surface area contributed by atoms with Gasteiger partial charge in [0.05, 0.1) is 11.4 Å². The van der Waals surface area contributed by atoms with Crippen LogP contribution >= 0.6 is 0 Å². The zero-order valence-corrected chi connectivity index (χ0v) is 12.7. The van der Waals surface area contributed by atoms with Crippen LogP contribution < -0.4 is 5.32 Å². The fourth-order valence-electron chi connectivity index (χ4n) is 3.03. The molecule has 19 heavy (non-hydrogen) atoms. The molecule has 1 atom stereocenters. The van der Waals surface area contributed by atoms with Crippen molar-refractivity contribution in [2.24, 2.45) is 0 Å². The first-order valence-corrected chi connectivity index (χ1v) is 7.72. The van der Waals surface area contributed by atoms with Gasteiger partial charge in [-0.15, -0.1) is 0 Å². The highest BCUT2D eigenvalue weighted by molar-refractivity contribution is 5.09. The minimum absolute atomic E-state index is 0.689. The zero-order chi connectivity index (χ0) is 13.7. The zero-order valence-electron chi connectivity index (χ0n) is 12.7. The Bertz CT molecular complexity index is 379. The highest BCUT2D eigenvalue weighted by atomic mass is 15.3. The van der Waals surface area contributed by atoms with Gasteiger partial charge in [0.2, 0.25) is 0 Å². The molecule has 1 unspecified atom stereocenters. The lowest BCUT2D eigenvalue weighted by Crippen LogP contribution is -2.46. The van der Waals surface area contributed by atoms with Gasteiger partial charge in [0.15, 0.2) is 0 Å². The molecule has 4 heteroatoms. The van der Waals surface area contributed by atoms with Crippen molar-refractivity contribution in [1.29, 1.82) is 0 Å². The fourth-order valence-corrected chi connectivity index (χ4v) is 3.03. The Morgan fingerprint density at radius 3 is 2.95 bits per heavy atom. The Balaban J connectivity index is 2.06.